The molecule has 2 saturated carbocycles. The van der Waals surface area contributed by atoms with E-state index in [0.29, 0.717) is 31.4 Å². The monoisotopic (exact) mass is 416 g/mol. The molecule has 30 heavy (non-hydrogen) atoms. The van der Waals surface area contributed by atoms with Crippen molar-refractivity contribution < 1.29 is 14.3 Å². The van der Waals surface area contributed by atoms with Gasteiger partial charge in [-0.25, -0.2) is 0 Å². The lowest BCUT2D eigenvalue weighted by atomic mass is 9.71. The van der Waals surface area contributed by atoms with Gasteiger partial charge in [-0.1, -0.05) is 44.2 Å². The van der Waals surface area contributed by atoms with Gasteiger partial charge in [-0.05, 0) is 68.8 Å². The smallest absolute Gasteiger partial charge is 0.306 e. The first-order valence-corrected chi connectivity index (χ1v) is 11.6. The first kappa shape index (κ1) is 24.4. The highest BCUT2D eigenvalue weighted by Gasteiger charge is 2.32. The summed E-state index contributed by atoms with van der Waals surface area (Å²) in [5.41, 5.74) is 7.09. The zero-order chi connectivity index (χ0) is 21.9. The van der Waals surface area contributed by atoms with Gasteiger partial charge in [0, 0.05) is 18.5 Å². The van der Waals surface area contributed by atoms with E-state index in [4.69, 9.17) is 10.5 Å². The van der Waals surface area contributed by atoms with Crippen molar-refractivity contribution >= 4 is 11.9 Å². The number of hydrogen-bond donors (Lipinski definition) is 2. The molecule has 0 bridgehead atoms. The standard InChI is InChI=1S/C25H40N2O3/c1-4-9-19(5-2)23(16-24(28)30-6-3)20-11-7-10-18(14-20)17-27-25(29)21-12-8-13-22(26)15-21/h4-5,9,18,20-23H,1-2,6-8,10-17,26H2,3H3,(H,27,29)/b19-9+. The fourth-order valence-electron chi connectivity index (χ4n) is 5.17. The van der Waals surface area contributed by atoms with Crippen LogP contribution in [0.3, 0.4) is 0 Å². The maximum atomic E-state index is 12.6. The summed E-state index contributed by atoms with van der Waals surface area (Å²) < 4.78 is 5.22. The Labute approximate surface area is 182 Å². The zero-order valence-corrected chi connectivity index (χ0v) is 18.6. The van der Waals surface area contributed by atoms with Crippen LogP contribution in [0.5, 0.6) is 0 Å². The van der Waals surface area contributed by atoms with Crippen LogP contribution in [0.15, 0.2) is 37.0 Å². The Balaban J connectivity index is 1.97. The van der Waals surface area contributed by atoms with E-state index in [9.17, 15) is 9.59 Å². The second-order valence-corrected chi connectivity index (χ2v) is 8.88. The van der Waals surface area contributed by atoms with Crippen LogP contribution >= 0.6 is 0 Å². The van der Waals surface area contributed by atoms with E-state index in [2.05, 4.69) is 18.5 Å². The molecule has 2 aliphatic carbocycles. The minimum absolute atomic E-state index is 0.0626. The van der Waals surface area contributed by atoms with Gasteiger partial charge in [0.2, 0.25) is 5.91 Å². The molecule has 5 unspecified atom stereocenters. The molecule has 0 aromatic rings. The lowest BCUT2D eigenvalue weighted by molar-refractivity contribution is -0.144. The Kier molecular flexibility index (Phi) is 10.4. The first-order chi connectivity index (χ1) is 14.5. The first-order valence-electron chi connectivity index (χ1n) is 11.6. The molecule has 0 aromatic carbocycles. The summed E-state index contributed by atoms with van der Waals surface area (Å²) in [5.74, 6) is 0.945. The molecular formula is C25H40N2O3. The summed E-state index contributed by atoms with van der Waals surface area (Å²) in [6.45, 7) is 10.7. The summed E-state index contributed by atoms with van der Waals surface area (Å²) in [4.78, 5) is 24.8. The number of rotatable bonds is 10. The number of carbonyl (C=O) groups is 2. The van der Waals surface area contributed by atoms with Crippen LogP contribution in [0.2, 0.25) is 0 Å². The Hall–Kier alpha value is -1.88. The van der Waals surface area contributed by atoms with Crippen LogP contribution in [-0.4, -0.2) is 31.1 Å². The van der Waals surface area contributed by atoms with Crippen LogP contribution < -0.4 is 11.1 Å². The van der Waals surface area contributed by atoms with E-state index in [-0.39, 0.29) is 29.8 Å². The Morgan fingerprint density at radius 1 is 1.17 bits per heavy atom. The largest absolute Gasteiger partial charge is 0.466 e. The summed E-state index contributed by atoms with van der Waals surface area (Å²) in [6, 6.07) is 0.158. The summed E-state index contributed by atoms with van der Waals surface area (Å²) >= 11 is 0. The lowest BCUT2D eigenvalue weighted by Gasteiger charge is -2.35. The third-order valence-corrected chi connectivity index (χ3v) is 6.71. The molecule has 5 nitrogen and oxygen atoms in total. The average molecular weight is 417 g/mol. The molecule has 0 radical (unpaired) electrons. The number of allylic oxidation sites excluding steroid dienone is 4. The molecule has 3 N–H and O–H groups in total. The molecule has 2 rings (SSSR count). The van der Waals surface area contributed by atoms with Crippen LogP contribution in [0.1, 0.15) is 64.7 Å². The van der Waals surface area contributed by atoms with E-state index >= 15 is 0 Å². The molecule has 0 heterocycles. The minimum Gasteiger partial charge on any atom is -0.466 e. The predicted octanol–water partition coefficient (Wildman–Crippen LogP) is 4.29. The van der Waals surface area contributed by atoms with Gasteiger partial charge in [0.25, 0.3) is 0 Å². The maximum absolute atomic E-state index is 12.6. The molecular weight excluding hydrogens is 376 g/mol. The third-order valence-electron chi connectivity index (χ3n) is 6.71. The van der Waals surface area contributed by atoms with Crippen molar-refractivity contribution in [2.45, 2.75) is 70.8 Å². The molecule has 2 fully saturated rings. The van der Waals surface area contributed by atoms with Crippen molar-refractivity contribution in [2.24, 2.45) is 29.4 Å². The highest BCUT2D eigenvalue weighted by atomic mass is 16.5. The molecule has 0 saturated heterocycles. The van der Waals surface area contributed by atoms with Gasteiger partial charge in [0.05, 0.1) is 13.0 Å². The number of carbonyl (C=O) groups excluding carboxylic acids is 2. The quantitative estimate of drug-likeness (QED) is 0.411. The van der Waals surface area contributed by atoms with Gasteiger partial charge in [-0.2, -0.15) is 0 Å². The molecule has 5 atom stereocenters. The number of amides is 1. The van der Waals surface area contributed by atoms with Crippen molar-refractivity contribution in [2.75, 3.05) is 13.2 Å². The van der Waals surface area contributed by atoms with Crippen LogP contribution in [0.4, 0.5) is 0 Å². The van der Waals surface area contributed by atoms with E-state index in [1.807, 2.05) is 19.1 Å². The average Bonchev–Trinajstić information content (AvgIpc) is 2.75. The molecule has 0 aromatic heterocycles. The second-order valence-electron chi connectivity index (χ2n) is 8.88. The molecule has 1 amide bonds. The summed E-state index contributed by atoms with van der Waals surface area (Å²) in [6.07, 6.45) is 14.0. The van der Waals surface area contributed by atoms with E-state index in [1.54, 1.807) is 6.08 Å². The van der Waals surface area contributed by atoms with Gasteiger partial charge >= 0.3 is 5.97 Å². The normalized spacial score (nSPS) is 28.3. The third kappa shape index (κ3) is 7.42. The highest BCUT2D eigenvalue weighted by Crippen LogP contribution is 2.39. The van der Waals surface area contributed by atoms with Crippen LogP contribution in [0.25, 0.3) is 0 Å². The molecule has 2 aliphatic rings. The maximum Gasteiger partial charge on any atom is 0.306 e. The number of nitrogens with two attached hydrogens (primary N) is 1. The van der Waals surface area contributed by atoms with E-state index in [0.717, 1.165) is 56.9 Å². The van der Waals surface area contributed by atoms with Crippen molar-refractivity contribution in [1.82, 2.24) is 5.32 Å². The predicted molar refractivity (Wildman–Crippen MR) is 122 cm³/mol. The minimum atomic E-state index is -0.164. The van der Waals surface area contributed by atoms with Gasteiger partial charge in [-0.15, -0.1) is 0 Å². The Bertz CT molecular complexity index is 628. The van der Waals surface area contributed by atoms with Crippen LogP contribution in [0, 0.1) is 23.7 Å². The van der Waals surface area contributed by atoms with Crippen LogP contribution in [-0.2, 0) is 14.3 Å². The highest BCUT2D eigenvalue weighted by molar-refractivity contribution is 5.78. The molecule has 0 aliphatic heterocycles. The van der Waals surface area contributed by atoms with Crippen molar-refractivity contribution in [3.05, 3.63) is 37.0 Å². The zero-order valence-electron chi connectivity index (χ0n) is 18.6. The fourth-order valence-corrected chi connectivity index (χ4v) is 5.17. The number of ether oxygens (including phenoxy) is 1. The van der Waals surface area contributed by atoms with E-state index in [1.165, 1.54) is 0 Å². The lowest BCUT2D eigenvalue weighted by Crippen LogP contribution is -2.40. The number of esters is 1. The van der Waals surface area contributed by atoms with Gasteiger partial charge in [0.15, 0.2) is 0 Å². The van der Waals surface area contributed by atoms with Gasteiger partial charge in [0.1, 0.15) is 0 Å². The van der Waals surface area contributed by atoms with Crippen molar-refractivity contribution in [3.8, 4) is 0 Å². The van der Waals surface area contributed by atoms with Gasteiger partial charge < -0.3 is 15.8 Å². The molecule has 0 spiro atoms. The molecule has 168 valence electrons. The second kappa shape index (κ2) is 12.7. The Morgan fingerprint density at radius 3 is 2.60 bits per heavy atom. The fraction of sp³-hybridized carbons (Fsp3) is 0.680. The summed E-state index contributed by atoms with van der Waals surface area (Å²) in [5, 5.41) is 3.19. The van der Waals surface area contributed by atoms with E-state index < -0.39 is 0 Å². The number of hydrogen-bond acceptors (Lipinski definition) is 4. The summed E-state index contributed by atoms with van der Waals surface area (Å²) in [7, 11) is 0. The van der Waals surface area contributed by atoms with Crippen molar-refractivity contribution in [1.29, 1.82) is 0 Å². The Morgan fingerprint density at radius 2 is 1.93 bits per heavy atom. The molecule has 5 heteroatoms. The van der Waals surface area contributed by atoms with Crippen molar-refractivity contribution in [3.63, 3.8) is 0 Å². The SMILES string of the molecule is C=C/C=C(\C=C)C(CC(=O)OCC)C1CCCC(CNC(=O)C2CCCC(N)C2)C1. The number of nitrogens with one attached hydrogen (secondary N) is 1. The topological polar surface area (TPSA) is 81.4 Å². The van der Waals surface area contributed by atoms with Gasteiger partial charge in [-0.3, -0.25) is 9.59 Å².